The van der Waals surface area contributed by atoms with Crippen molar-refractivity contribution in [1.82, 2.24) is 24.8 Å². The topological polar surface area (TPSA) is 151 Å². The van der Waals surface area contributed by atoms with Gasteiger partial charge in [0, 0.05) is 25.0 Å². The van der Waals surface area contributed by atoms with Crippen molar-refractivity contribution < 1.29 is 19.7 Å². The Bertz CT molecular complexity index is 1210. The van der Waals surface area contributed by atoms with E-state index in [1.54, 1.807) is 16.8 Å². The molecule has 4 rings (SSSR count). The highest BCUT2D eigenvalue weighted by Crippen LogP contribution is 2.33. The number of nitrogens with zero attached hydrogens (tertiary/aromatic N) is 4. The summed E-state index contributed by atoms with van der Waals surface area (Å²) in [5.41, 5.74) is 8.45. The number of nitrogens with one attached hydrogen (secondary N) is 2. The van der Waals surface area contributed by atoms with E-state index in [0.29, 0.717) is 42.9 Å². The average molecular weight is 512 g/mol. The van der Waals surface area contributed by atoms with Crippen LogP contribution in [0.25, 0.3) is 11.0 Å². The van der Waals surface area contributed by atoms with Gasteiger partial charge < -0.3 is 40.8 Å². The van der Waals surface area contributed by atoms with Crippen LogP contribution in [-0.2, 0) is 10.2 Å². The lowest BCUT2D eigenvalue weighted by molar-refractivity contribution is -0.0419. The van der Waals surface area contributed by atoms with Crippen LogP contribution in [0.2, 0.25) is 0 Å². The molecule has 4 atom stereocenters. The molecule has 1 aliphatic rings. The fourth-order valence-corrected chi connectivity index (χ4v) is 4.48. The molecule has 6 N–H and O–H groups in total. The fourth-order valence-electron chi connectivity index (χ4n) is 4.48. The van der Waals surface area contributed by atoms with Gasteiger partial charge in [-0.05, 0) is 49.2 Å². The molecule has 0 bridgehead atoms. The van der Waals surface area contributed by atoms with E-state index in [2.05, 4.69) is 41.4 Å². The van der Waals surface area contributed by atoms with E-state index in [-0.39, 0.29) is 11.4 Å². The monoisotopic (exact) mass is 511 g/mol. The maximum Gasteiger partial charge on any atom is 0.319 e. The van der Waals surface area contributed by atoms with E-state index in [4.69, 9.17) is 10.5 Å². The summed E-state index contributed by atoms with van der Waals surface area (Å²) < 4.78 is 7.70. The molecule has 1 aromatic carbocycles. The minimum absolute atomic E-state index is 0.0610. The number of anilines is 2. The number of amides is 2. The number of hydrogen-bond donors (Lipinski definition) is 5. The number of hydrogen-bond acceptors (Lipinski definition) is 8. The highest BCUT2D eigenvalue weighted by molar-refractivity contribution is 5.89. The molecular weight excluding hydrogens is 474 g/mol. The van der Waals surface area contributed by atoms with E-state index >= 15 is 0 Å². The zero-order valence-electron chi connectivity index (χ0n) is 21.8. The molecule has 2 aromatic heterocycles. The summed E-state index contributed by atoms with van der Waals surface area (Å²) in [4.78, 5) is 22.4. The number of fused-ring (bicyclic) bond motifs is 1. The summed E-state index contributed by atoms with van der Waals surface area (Å²) in [5, 5.41) is 27.6. The quantitative estimate of drug-likeness (QED) is 0.288. The molecule has 1 fully saturated rings. The number of aliphatic hydroxyl groups is 2. The molecule has 0 aliphatic carbocycles. The van der Waals surface area contributed by atoms with Gasteiger partial charge in [0.05, 0.1) is 5.39 Å². The van der Waals surface area contributed by atoms with Crippen molar-refractivity contribution in [3.05, 3.63) is 48.4 Å². The Morgan fingerprint density at radius 2 is 1.89 bits per heavy atom. The van der Waals surface area contributed by atoms with Gasteiger partial charge in [-0.2, -0.15) is 0 Å². The number of carbonyl (C=O) groups excluding carboxylic acids is 1. The summed E-state index contributed by atoms with van der Waals surface area (Å²) in [7, 11) is 1.91. The largest absolute Gasteiger partial charge is 0.387 e. The van der Waals surface area contributed by atoms with Crippen LogP contribution in [0, 0.1) is 0 Å². The summed E-state index contributed by atoms with van der Waals surface area (Å²) in [6.45, 7) is 8.02. The Labute approximate surface area is 216 Å². The van der Waals surface area contributed by atoms with E-state index in [1.165, 1.54) is 11.9 Å². The van der Waals surface area contributed by atoms with Crippen LogP contribution < -0.4 is 16.4 Å². The predicted octanol–water partition coefficient (Wildman–Crippen LogP) is 2.07. The van der Waals surface area contributed by atoms with Crippen LogP contribution in [0.3, 0.4) is 0 Å². The number of likely N-dealkylation sites (N-methyl/N-ethyl adjacent to an activating group) is 1. The zero-order chi connectivity index (χ0) is 26.7. The molecule has 11 heteroatoms. The van der Waals surface area contributed by atoms with Gasteiger partial charge in [0.1, 0.15) is 36.1 Å². The maximum absolute atomic E-state index is 12.2. The number of carbonyl (C=O) groups is 1. The molecule has 0 spiro atoms. The number of benzene rings is 1. The Kier molecular flexibility index (Phi) is 7.98. The molecule has 37 heavy (non-hydrogen) atoms. The van der Waals surface area contributed by atoms with Crippen molar-refractivity contribution in [3.63, 3.8) is 0 Å². The summed E-state index contributed by atoms with van der Waals surface area (Å²) in [6.07, 6.45) is 0.231. The predicted molar refractivity (Wildman–Crippen MR) is 142 cm³/mol. The molecule has 0 radical (unpaired) electrons. The van der Waals surface area contributed by atoms with E-state index in [1.807, 2.05) is 36.2 Å². The van der Waals surface area contributed by atoms with Crippen molar-refractivity contribution >= 4 is 28.6 Å². The molecule has 1 unspecified atom stereocenters. The van der Waals surface area contributed by atoms with Gasteiger partial charge in [-0.25, -0.2) is 14.8 Å². The molecule has 1 saturated heterocycles. The van der Waals surface area contributed by atoms with E-state index in [9.17, 15) is 15.0 Å². The van der Waals surface area contributed by atoms with Gasteiger partial charge in [0.2, 0.25) is 0 Å². The van der Waals surface area contributed by atoms with Gasteiger partial charge >= 0.3 is 6.03 Å². The second-order valence-corrected chi connectivity index (χ2v) is 10.6. The third-order valence-electron chi connectivity index (χ3n) is 6.65. The fraction of sp³-hybridized carbons (Fsp3) is 0.500. The summed E-state index contributed by atoms with van der Waals surface area (Å²) in [5.74, 6) is 0.341. The normalized spacial score (nSPS) is 22.0. The average Bonchev–Trinajstić information content (AvgIpc) is 3.39. The Balaban J connectivity index is 1.21. The van der Waals surface area contributed by atoms with Crippen LogP contribution in [0.15, 0.2) is 42.9 Å². The van der Waals surface area contributed by atoms with Crippen molar-refractivity contribution in [2.45, 2.75) is 57.1 Å². The number of nitrogen functional groups attached to an aromatic ring is 1. The number of ether oxygens (including phenoxy) is 1. The molecule has 1 aliphatic heterocycles. The first-order chi connectivity index (χ1) is 17.5. The number of aliphatic hydroxyl groups excluding tert-OH is 2. The van der Waals surface area contributed by atoms with Gasteiger partial charge in [0.25, 0.3) is 0 Å². The van der Waals surface area contributed by atoms with Crippen molar-refractivity contribution in [3.8, 4) is 0 Å². The third-order valence-corrected chi connectivity index (χ3v) is 6.65. The smallest absolute Gasteiger partial charge is 0.319 e. The van der Waals surface area contributed by atoms with Gasteiger partial charge in [0.15, 0.2) is 6.23 Å². The third kappa shape index (κ3) is 6.19. The first-order valence-corrected chi connectivity index (χ1v) is 12.5. The molecule has 200 valence electrons. The van der Waals surface area contributed by atoms with Crippen LogP contribution in [0.5, 0.6) is 0 Å². The van der Waals surface area contributed by atoms with Gasteiger partial charge in [-0.15, -0.1) is 0 Å². The maximum atomic E-state index is 12.2. The first-order valence-electron chi connectivity index (χ1n) is 12.5. The van der Waals surface area contributed by atoms with Crippen molar-refractivity contribution in [1.29, 1.82) is 0 Å². The molecule has 11 nitrogen and oxygen atoms in total. The number of nitrogens with two attached hydrogens (primary N) is 1. The standard InChI is InChI=1S/C26H37N7O4/c1-26(2,3)16-6-8-17(9-7-16)31-25(36)28-11-5-12-32(4)14-19-20(34)21(35)24(37-19)33-13-10-18-22(27)29-15-30-23(18)33/h6-10,13,15,19-21,24,34-35H,5,11-12,14H2,1-4H3,(H2,27,29,30)(H2,28,31,36)/t19?,20-,21-,24-/m1/s1. The van der Waals surface area contributed by atoms with Crippen LogP contribution >= 0.6 is 0 Å². The molecule has 3 aromatic rings. The van der Waals surface area contributed by atoms with Crippen LogP contribution in [0.4, 0.5) is 16.3 Å². The zero-order valence-corrected chi connectivity index (χ0v) is 21.8. The van der Waals surface area contributed by atoms with Crippen LogP contribution in [-0.4, -0.2) is 80.7 Å². The Morgan fingerprint density at radius 3 is 2.59 bits per heavy atom. The lowest BCUT2D eigenvalue weighted by atomic mass is 9.87. The minimum Gasteiger partial charge on any atom is -0.387 e. The first kappa shape index (κ1) is 26.8. The Hall–Kier alpha value is -3.25. The molecule has 3 heterocycles. The number of rotatable bonds is 8. The van der Waals surface area contributed by atoms with Gasteiger partial charge in [-0.3, -0.25) is 0 Å². The summed E-state index contributed by atoms with van der Waals surface area (Å²) in [6, 6.07) is 9.36. The lowest BCUT2D eigenvalue weighted by Crippen LogP contribution is -2.39. The summed E-state index contributed by atoms with van der Waals surface area (Å²) >= 11 is 0. The molecular formula is C26H37N7O4. The van der Waals surface area contributed by atoms with Crippen LogP contribution in [0.1, 0.15) is 39.0 Å². The number of aromatic nitrogens is 3. The minimum atomic E-state index is -1.12. The molecule has 2 amide bonds. The second kappa shape index (κ2) is 11.0. The SMILES string of the molecule is CN(CCCNC(=O)Nc1ccc(C(C)(C)C)cc1)CC1O[C@@H](n2ccc3c(N)ncnc32)[C@H](O)[C@@H]1O. The Morgan fingerprint density at radius 1 is 1.16 bits per heavy atom. The number of urea groups is 1. The lowest BCUT2D eigenvalue weighted by Gasteiger charge is -2.23. The van der Waals surface area contributed by atoms with E-state index in [0.717, 1.165) is 5.69 Å². The van der Waals surface area contributed by atoms with Crippen molar-refractivity contribution in [2.24, 2.45) is 0 Å². The highest BCUT2D eigenvalue weighted by atomic mass is 16.6. The highest BCUT2D eigenvalue weighted by Gasteiger charge is 2.44. The van der Waals surface area contributed by atoms with E-state index < -0.39 is 24.5 Å². The van der Waals surface area contributed by atoms with Gasteiger partial charge in [-0.1, -0.05) is 32.9 Å². The van der Waals surface area contributed by atoms with Crippen molar-refractivity contribution in [2.75, 3.05) is 37.7 Å². The molecule has 0 saturated carbocycles. The second-order valence-electron chi connectivity index (χ2n) is 10.6.